The second-order valence-corrected chi connectivity index (χ2v) is 10.7. The number of H-pyrrole nitrogens is 1. The lowest BCUT2D eigenvalue weighted by molar-refractivity contribution is 0.262. The van der Waals surface area contributed by atoms with E-state index in [4.69, 9.17) is 15.1 Å². The maximum Gasteiger partial charge on any atom is 0.225 e. The van der Waals surface area contributed by atoms with E-state index in [1.807, 2.05) is 17.9 Å². The van der Waals surface area contributed by atoms with E-state index in [-0.39, 0.29) is 0 Å². The predicted octanol–water partition coefficient (Wildman–Crippen LogP) is 5.07. The zero-order valence-corrected chi connectivity index (χ0v) is 22.4. The number of hydrogen-bond acceptors (Lipinski definition) is 6. The van der Waals surface area contributed by atoms with Crippen molar-refractivity contribution in [1.29, 1.82) is 0 Å². The third kappa shape index (κ3) is 3.80. The zero-order valence-electron chi connectivity index (χ0n) is 22.4. The average Bonchev–Trinajstić information content (AvgIpc) is 3.39. The first-order valence-corrected chi connectivity index (χ1v) is 13.5. The highest BCUT2D eigenvalue weighted by atomic mass is 15.4. The molecular weight excluding hydrogens is 474 g/mol. The SMILES string of the molecule is CCN1CCc2c(nc(-c3ccc(-c4nc(Nc5ccc6[nH]ncc6c5C5CC5)n(C)n4)cc3C)n2C)C1. The van der Waals surface area contributed by atoms with Crippen LogP contribution >= 0.6 is 0 Å². The lowest BCUT2D eigenvalue weighted by atomic mass is 10.0. The van der Waals surface area contributed by atoms with Crippen molar-refractivity contribution >= 4 is 22.5 Å². The van der Waals surface area contributed by atoms with Gasteiger partial charge in [0, 0.05) is 61.5 Å². The van der Waals surface area contributed by atoms with Gasteiger partial charge in [0.1, 0.15) is 5.82 Å². The summed E-state index contributed by atoms with van der Waals surface area (Å²) in [6, 6.07) is 10.6. The molecule has 9 nitrogen and oxygen atoms in total. The van der Waals surface area contributed by atoms with Gasteiger partial charge in [-0.15, -0.1) is 5.10 Å². The van der Waals surface area contributed by atoms with Crippen LogP contribution in [0.2, 0.25) is 0 Å². The second-order valence-electron chi connectivity index (χ2n) is 10.7. The fourth-order valence-corrected chi connectivity index (χ4v) is 5.84. The Hall–Kier alpha value is -3.98. The van der Waals surface area contributed by atoms with Crippen LogP contribution in [0.25, 0.3) is 33.7 Å². The van der Waals surface area contributed by atoms with Crippen molar-refractivity contribution in [2.45, 2.75) is 45.6 Å². The van der Waals surface area contributed by atoms with Gasteiger partial charge >= 0.3 is 0 Å². The summed E-state index contributed by atoms with van der Waals surface area (Å²) < 4.78 is 4.10. The number of anilines is 2. The summed E-state index contributed by atoms with van der Waals surface area (Å²) in [5, 5.41) is 16.8. The largest absolute Gasteiger partial charge is 0.331 e. The maximum atomic E-state index is 5.06. The van der Waals surface area contributed by atoms with Gasteiger partial charge in [-0.1, -0.05) is 19.1 Å². The standard InChI is InChI=1S/C29H33N9/c1-5-38-13-12-25-24(16-38)31-28(36(25)3)20-9-8-19(14-17(20)2)27-33-29(37(4)35-27)32-23-11-10-22-21(15-30-34-22)26(23)18-6-7-18/h8-11,14-15,18H,5-7,12-13,16H2,1-4H3,(H,30,34)(H,32,33,35). The molecule has 2 N–H and O–H groups in total. The van der Waals surface area contributed by atoms with E-state index in [1.54, 1.807) is 0 Å². The van der Waals surface area contributed by atoms with Gasteiger partial charge in [-0.25, -0.2) is 9.67 Å². The van der Waals surface area contributed by atoms with E-state index in [1.165, 1.54) is 40.7 Å². The van der Waals surface area contributed by atoms with Gasteiger partial charge in [0.15, 0.2) is 5.82 Å². The molecule has 38 heavy (non-hydrogen) atoms. The lowest BCUT2D eigenvalue weighted by Crippen LogP contribution is -2.30. The van der Waals surface area contributed by atoms with Crippen molar-refractivity contribution in [2.75, 3.05) is 18.4 Å². The van der Waals surface area contributed by atoms with Gasteiger partial charge < -0.3 is 9.88 Å². The highest BCUT2D eigenvalue weighted by molar-refractivity contribution is 5.89. The Balaban J connectivity index is 1.19. The molecule has 7 rings (SSSR count). The number of benzene rings is 2. The number of nitrogens with zero attached hydrogens (tertiary/aromatic N) is 7. The van der Waals surface area contributed by atoms with Crippen molar-refractivity contribution in [3.8, 4) is 22.8 Å². The molecule has 9 heteroatoms. The molecule has 0 bridgehead atoms. The molecule has 0 saturated heterocycles. The number of fused-ring (bicyclic) bond motifs is 2. The number of imidazole rings is 1. The molecule has 2 aliphatic rings. The van der Waals surface area contributed by atoms with Crippen LogP contribution in [0.3, 0.4) is 0 Å². The van der Waals surface area contributed by atoms with E-state index in [0.717, 1.165) is 60.2 Å². The zero-order chi connectivity index (χ0) is 26.0. The van der Waals surface area contributed by atoms with Crippen molar-refractivity contribution in [1.82, 2.24) is 39.4 Å². The highest BCUT2D eigenvalue weighted by Crippen LogP contribution is 2.47. The number of hydrogen-bond donors (Lipinski definition) is 2. The van der Waals surface area contributed by atoms with Crippen molar-refractivity contribution in [3.63, 3.8) is 0 Å². The van der Waals surface area contributed by atoms with E-state index in [2.05, 4.69) is 76.2 Å². The molecule has 1 aliphatic heterocycles. The third-order valence-corrected chi connectivity index (χ3v) is 8.17. The first-order valence-electron chi connectivity index (χ1n) is 13.5. The summed E-state index contributed by atoms with van der Waals surface area (Å²) in [6.07, 6.45) is 5.40. The first kappa shape index (κ1) is 23.2. The fourth-order valence-electron chi connectivity index (χ4n) is 5.84. The summed E-state index contributed by atoms with van der Waals surface area (Å²) in [5.74, 6) is 3.04. The molecule has 0 amide bonds. The van der Waals surface area contributed by atoms with Crippen molar-refractivity contribution in [3.05, 3.63) is 59.0 Å². The molecule has 1 aliphatic carbocycles. The summed E-state index contributed by atoms with van der Waals surface area (Å²) >= 11 is 0. The van der Waals surface area contributed by atoms with Crippen LogP contribution in [0.15, 0.2) is 36.5 Å². The molecule has 0 atom stereocenters. The van der Waals surface area contributed by atoms with Gasteiger partial charge in [-0.2, -0.15) is 10.1 Å². The summed E-state index contributed by atoms with van der Waals surface area (Å²) in [4.78, 5) is 12.4. The Kier molecular flexibility index (Phi) is 5.36. The smallest absolute Gasteiger partial charge is 0.225 e. The Morgan fingerprint density at radius 2 is 1.97 bits per heavy atom. The third-order valence-electron chi connectivity index (χ3n) is 8.17. The summed E-state index contributed by atoms with van der Waals surface area (Å²) in [7, 11) is 4.08. The first-order chi connectivity index (χ1) is 18.5. The molecule has 0 radical (unpaired) electrons. The second kappa shape index (κ2) is 8.80. The van der Waals surface area contributed by atoms with Crippen LogP contribution in [0, 0.1) is 6.92 Å². The number of aromatic amines is 1. The van der Waals surface area contributed by atoms with Gasteiger partial charge in [-0.05, 0) is 61.6 Å². The predicted molar refractivity (Wildman–Crippen MR) is 149 cm³/mol. The Morgan fingerprint density at radius 1 is 1.11 bits per heavy atom. The molecule has 1 saturated carbocycles. The molecule has 2 aromatic carbocycles. The van der Waals surface area contributed by atoms with Crippen LogP contribution in [-0.4, -0.2) is 52.5 Å². The molecule has 194 valence electrons. The number of aryl methyl sites for hydroxylation is 2. The maximum absolute atomic E-state index is 5.06. The quantitative estimate of drug-likeness (QED) is 0.334. The van der Waals surface area contributed by atoms with Gasteiger partial charge in [0.2, 0.25) is 5.95 Å². The minimum absolute atomic E-state index is 0.573. The van der Waals surface area contributed by atoms with Gasteiger partial charge in [0.25, 0.3) is 0 Å². The number of nitrogens with one attached hydrogen (secondary N) is 2. The van der Waals surface area contributed by atoms with E-state index < -0.39 is 0 Å². The fraction of sp³-hybridized carbons (Fsp3) is 0.379. The average molecular weight is 508 g/mol. The topological polar surface area (TPSA) is 92.5 Å². The van der Waals surface area contributed by atoms with E-state index in [9.17, 15) is 0 Å². The Bertz CT molecular complexity index is 1670. The monoisotopic (exact) mass is 507 g/mol. The van der Waals surface area contributed by atoms with Crippen LogP contribution in [0.5, 0.6) is 0 Å². The minimum atomic E-state index is 0.573. The van der Waals surface area contributed by atoms with Crippen LogP contribution < -0.4 is 5.32 Å². The molecule has 0 unspecified atom stereocenters. The van der Waals surface area contributed by atoms with Crippen LogP contribution in [0.4, 0.5) is 11.6 Å². The normalized spacial score (nSPS) is 15.8. The number of likely N-dealkylation sites (N-methyl/N-ethyl adjacent to an activating group) is 1. The van der Waals surface area contributed by atoms with Gasteiger partial charge in [-0.3, -0.25) is 10.00 Å². The molecule has 1 fully saturated rings. The molecule has 4 heterocycles. The highest BCUT2D eigenvalue weighted by Gasteiger charge is 2.29. The molecule has 3 aromatic heterocycles. The van der Waals surface area contributed by atoms with Crippen molar-refractivity contribution < 1.29 is 0 Å². The minimum Gasteiger partial charge on any atom is -0.331 e. The van der Waals surface area contributed by atoms with Gasteiger partial charge in [0.05, 0.1) is 17.4 Å². The summed E-state index contributed by atoms with van der Waals surface area (Å²) in [6.45, 7) is 7.46. The lowest BCUT2D eigenvalue weighted by Gasteiger charge is -2.24. The Morgan fingerprint density at radius 3 is 2.76 bits per heavy atom. The Labute approximate surface area is 221 Å². The molecule has 0 spiro atoms. The molecule has 5 aromatic rings. The molecular formula is C29H33N9. The van der Waals surface area contributed by atoms with Crippen molar-refractivity contribution in [2.24, 2.45) is 14.1 Å². The van der Waals surface area contributed by atoms with Crippen LogP contribution in [-0.2, 0) is 27.1 Å². The summed E-state index contributed by atoms with van der Waals surface area (Å²) in [5.41, 5.74) is 9.36. The number of rotatable bonds is 6. The van der Waals surface area contributed by atoms with E-state index >= 15 is 0 Å². The van der Waals surface area contributed by atoms with Crippen LogP contribution in [0.1, 0.15) is 48.2 Å². The van der Waals surface area contributed by atoms with E-state index in [0.29, 0.717) is 11.7 Å². The number of aromatic nitrogens is 7.